The number of hydrogen-bond acceptors (Lipinski definition) is 6. The molecule has 2 heterocycles. The van der Waals surface area contributed by atoms with Gasteiger partial charge in [0.25, 0.3) is 0 Å². The van der Waals surface area contributed by atoms with Crippen LogP contribution in [0, 0.1) is 6.92 Å². The number of carboxylic acids is 1. The maximum Gasteiger partial charge on any atom is 0.586 e. The Bertz CT molecular complexity index is 1290. The molecule has 1 aromatic heterocycles. The summed E-state index contributed by atoms with van der Waals surface area (Å²) in [6, 6.07) is 10.7. The largest absolute Gasteiger partial charge is 0.586 e. The standard InChI is InChI=1S/C24H18F2N2O5.H2/c1-13-12-27-20(28-21(13)14-2-4-15(5-3-14)22(30)31)11-19(29)23(8-9-23)16-6-7-17-18(10-16)33-24(25,26)32-17;/h2-7,10,12H,8-9,11H2,1H3,(H,30,31);1H. The predicted octanol–water partition coefficient (Wildman–Crippen LogP) is 4.56. The molecule has 2 aromatic carbocycles. The van der Waals surface area contributed by atoms with E-state index in [9.17, 15) is 18.4 Å². The van der Waals surface area contributed by atoms with E-state index < -0.39 is 17.7 Å². The molecule has 170 valence electrons. The summed E-state index contributed by atoms with van der Waals surface area (Å²) in [5, 5.41) is 9.08. The van der Waals surface area contributed by atoms with Gasteiger partial charge in [0.15, 0.2) is 17.3 Å². The van der Waals surface area contributed by atoms with Crippen molar-refractivity contribution in [2.75, 3.05) is 0 Å². The molecule has 1 aliphatic carbocycles. The number of carbonyl (C=O) groups is 2. The first kappa shape index (κ1) is 21.0. The molecule has 1 fully saturated rings. The number of benzene rings is 2. The molecule has 1 saturated carbocycles. The van der Waals surface area contributed by atoms with Crippen LogP contribution in [-0.2, 0) is 16.6 Å². The minimum atomic E-state index is -3.71. The zero-order valence-corrected chi connectivity index (χ0v) is 17.5. The molecule has 0 saturated heterocycles. The number of aryl methyl sites for hydroxylation is 1. The summed E-state index contributed by atoms with van der Waals surface area (Å²) < 4.78 is 35.6. The molecule has 7 nitrogen and oxygen atoms in total. The molecule has 0 spiro atoms. The molecule has 1 N–H and O–H groups in total. The van der Waals surface area contributed by atoms with Crippen molar-refractivity contribution < 1.29 is 34.4 Å². The van der Waals surface area contributed by atoms with Gasteiger partial charge in [-0.3, -0.25) is 4.79 Å². The van der Waals surface area contributed by atoms with E-state index in [1.54, 1.807) is 24.4 Å². The Hall–Kier alpha value is -3.88. The van der Waals surface area contributed by atoms with Crippen molar-refractivity contribution in [2.24, 2.45) is 0 Å². The topological polar surface area (TPSA) is 98.6 Å². The maximum absolute atomic E-state index is 13.3. The predicted molar refractivity (Wildman–Crippen MR) is 114 cm³/mol. The van der Waals surface area contributed by atoms with Gasteiger partial charge in [-0.25, -0.2) is 14.8 Å². The van der Waals surface area contributed by atoms with E-state index >= 15 is 0 Å². The lowest BCUT2D eigenvalue weighted by Gasteiger charge is -2.15. The van der Waals surface area contributed by atoms with Crippen molar-refractivity contribution in [3.05, 3.63) is 71.2 Å². The number of Topliss-reactive ketones (excluding diaryl/α,β-unsaturated/α-hetero) is 1. The number of halogens is 2. The Kier molecular flexibility index (Phi) is 4.66. The Labute approximate surface area is 188 Å². The van der Waals surface area contributed by atoms with Crippen molar-refractivity contribution in [2.45, 2.75) is 37.9 Å². The summed E-state index contributed by atoms with van der Waals surface area (Å²) in [5.74, 6) is -0.942. The fourth-order valence-corrected chi connectivity index (χ4v) is 4.04. The lowest BCUT2D eigenvalue weighted by Crippen LogP contribution is -2.26. The summed E-state index contributed by atoms with van der Waals surface area (Å²) in [5.41, 5.74) is 2.09. The van der Waals surface area contributed by atoms with Gasteiger partial charge in [0, 0.05) is 13.2 Å². The van der Waals surface area contributed by atoms with Crippen molar-refractivity contribution in [3.8, 4) is 22.8 Å². The second-order valence-electron chi connectivity index (χ2n) is 8.21. The third-order valence-electron chi connectivity index (χ3n) is 5.98. The SMILES string of the molecule is Cc1cnc(CC(=O)C2(c3ccc4c(c3)OC(F)(F)O4)CC2)nc1-c1ccc(C(=O)O)cc1.[HH]. The van der Waals surface area contributed by atoms with Crippen molar-refractivity contribution in [1.82, 2.24) is 9.97 Å². The molecule has 2 aliphatic rings. The molecule has 0 bridgehead atoms. The van der Waals surface area contributed by atoms with Gasteiger partial charge >= 0.3 is 12.3 Å². The number of fused-ring (bicyclic) bond motifs is 1. The van der Waals surface area contributed by atoms with E-state index in [1.165, 1.54) is 24.3 Å². The summed E-state index contributed by atoms with van der Waals surface area (Å²) in [4.78, 5) is 33.1. The lowest BCUT2D eigenvalue weighted by atomic mass is 9.89. The summed E-state index contributed by atoms with van der Waals surface area (Å²) in [6.45, 7) is 1.83. The smallest absolute Gasteiger partial charge is 0.478 e. The molecular formula is C24H20F2N2O5. The quantitative estimate of drug-likeness (QED) is 0.583. The van der Waals surface area contributed by atoms with Crippen LogP contribution in [0.4, 0.5) is 8.78 Å². The minimum absolute atomic E-state index is 0. The van der Waals surface area contributed by atoms with Crippen LogP contribution in [0.3, 0.4) is 0 Å². The molecular weight excluding hydrogens is 434 g/mol. The van der Waals surface area contributed by atoms with E-state index in [-0.39, 0.29) is 30.7 Å². The van der Waals surface area contributed by atoms with Crippen LogP contribution in [-0.4, -0.2) is 33.1 Å². The number of ether oxygens (including phenoxy) is 2. The van der Waals surface area contributed by atoms with Crippen molar-refractivity contribution in [3.63, 3.8) is 0 Å². The highest BCUT2D eigenvalue weighted by Crippen LogP contribution is 2.52. The number of alkyl halides is 2. The third kappa shape index (κ3) is 3.79. The van der Waals surface area contributed by atoms with Gasteiger partial charge in [0.1, 0.15) is 5.82 Å². The van der Waals surface area contributed by atoms with Gasteiger partial charge in [-0.05, 0) is 55.2 Å². The van der Waals surface area contributed by atoms with Crippen LogP contribution in [0.15, 0.2) is 48.7 Å². The number of ketones is 1. The number of hydrogen-bond donors (Lipinski definition) is 1. The van der Waals surface area contributed by atoms with Gasteiger partial charge in [-0.2, -0.15) is 0 Å². The molecule has 3 aromatic rings. The average Bonchev–Trinajstić information content (AvgIpc) is 3.52. The highest BCUT2D eigenvalue weighted by Gasteiger charge is 2.52. The molecule has 1 aliphatic heterocycles. The van der Waals surface area contributed by atoms with Crippen molar-refractivity contribution in [1.29, 1.82) is 0 Å². The monoisotopic (exact) mass is 454 g/mol. The molecule has 5 rings (SSSR count). The highest BCUT2D eigenvalue weighted by molar-refractivity contribution is 5.94. The lowest BCUT2D eigenvalue weighted by molar-refractivity contribution is -0.286. The average molecular weight is 454 g/mol. The van der Waals surface area contributed by atoms with E-state index in [4.69, 9.17) is 5.11 Å². The summed E-state index contributed by atoms with van der Waals surface area (Å²) in [7, 11) is 0. The molecule has 0 atom stereocenters. The molecule has 33 heavy (non-hydrogen) atoms. The van der Waals surface area contributed by atoms with E-state index in [1.807, 2.05) is 6.92 Å². The number of aromatic carboxylic acids is 1. The van der Waals surface area contributed by atoms with Crippen LogP contribution < -0.4 is 9.47 Å². The van der Waals surface area contributed by atoms with Crippen LogP contribution >= 0.6 is 0 Å². The Morgan fingerprint density at radius 2 is 1.79 bits per heavy atom. The second-order valence-corrected chi connectivity index (χ2v) is 8.21. The van der Waals surface area contributed by atoms with Crippen LogP contribution in [0.1, 0.15) is 41.6 Å². The first-order chi connectivity index (χ1) is 15.7. The first-order valence-corrected chi connectivity index (χ1v) is 10.3. The van der Waals surface area contributed by atoms with Gasteiger partial charge in [0.2, 0.25) is 0 Å². The Morgan fingerprint density at radius 1 is 1.09 bits per heavy atom. The fourth-order valence-electron chi connectivity index (χ4n) is 4.04. The minimum Gasteiger partial charge on any atom is -0.478 e. The number of nitrogens with zero attached hydrogens (tertiary/aromatic N) is 2. The summed E-state index contributed by atoms with van der Waals surface area (Å²) >= 11 is 0. The number of rotatable bonds is 6. The number of carbonyl (C=O) groups excluding carboxylic acids is 1. The summed E-state index contributed by atoms with van der Waals surface area (Å²) in [6.07, 6.45) is -0.922. The molecule has 0 amide bonds. The Morgan fingerprint density at radius 3 is 2.45 bits per heavy atom. The fraction of sp³-hybridized carbons (Fsp3) is 0.250. The van der Waals surface area contributed by atoms with Gasteiger partial charge in [-0.15, -0.1) is 8.78 Å². The number of carboxylic acid groups (broad SMARTS) is 1. The number of aromatic nitrogens is 2. The maximum atomic E-state index is 13.3. The second kappa shape index (κ2) is 7.33. The van der Waals surface area contributed by atoms with E-state index in [0.29, 0.717) is 35.5 Å². The highest BCUT2D eigenvalue weighted by atomic mass is 19.3. The zero-order valence-electron chi connectivity index (χ0n) is 17.5. The first-order valence-electron chi connectivity index (χ1n) is 10.3. The zero-order chi connectivity index (χ0) is 23.4. The molecule has 0 unspecified atom stereocenters. The molecule has 9 heteroatoms. The normalized spacial score (nSPS) is 16.9. The van der Waals surface area contributed by atoms with Gasteiger partial charge in [0.05, 0.1) is 23.1 Å². The van der Waals surface area contributed by atoms with E-state index in [2.05, 4.69) is 19.4 Å². The Balaban J connectivity index is 0.00000274. The van der Waals surface area contributed by atoms with E-state index in [0.717, 1.165) is 5.56 Å². The van der Waals surface area contributed by atoms with Crippen molar-refractivity contribution >= 4 is 11.8 Å². The van der Waals surface area contributed by atoms with Crippen LogP contribution in [0.5, 0.6) is 11.5 Å². The third-order valence-corrected chi connectivity index (χ3v) is 5.98. The van der Waals surface area contributed by atoms with Gasteiger partial charge in [-0.1, -0.05) is 18.2 Å². The van der Waals surface area contributed by atoms with Crippen LogP contribution in [0.25, 0.3) is 11.3 Å². The molecule has 0 radical (unpaired) electrons. The van der Waals surface area contributed by atoms with Crippen LogP contribution in [0.2, 0.25) is 0 Å². The van der Waals surface area contributed by atoms with Gasteiger partial charge < -0.3 is 14.6 Å².